The molecule has 36 heavy (non-hydrogen) atoms. The van der Waals surface area contributed by atoms with Gasteiger partial charge < -0.3 is 20.7 Å². The van der Waals surface area contributed by atoms with Gasteiger partial charge in [0.15, 0.2) is 0 Å². The number of hydrogen-bond donors (Lipinski definition) is 2. The topological polar surface area (TPSA) is 127 Å². The lowest BCUT2D eigenvalue weighted by Crippen LogP contribution is -2.48. The van der Waals surface area contributed by atoms with Crippen LogP contribution in [0.5, 0.6) is 5.88 Å². The van der Waals surface area contributed by atoms with Crippen molar-refractivity contribution in [2.24, 2.45) is 5.73 Å². The summed E-state index contributed by atoms with van der Waals surface area (Å²) in [5, 5.41) is 2.78. The van der Waals surface area contributed by atoms with Crippen molar-refractivity contribution in [3.8, 4) is 5.88 Å². The summed E-state index contributed by atoms with van der Waals surface area (Å²) in [5.74, 6) is -0.148. The molecule has 3 fully saturated rings. The fraction of sp³-hybridized carbons (Fsp3) is 0.522. The van der Waals surface area contributed by atoms with Gasteiger partial charge in [-0.05, 0) is 25.0 Å². The number of carbonyl (C=O) groups is 2. The van der Waals surface area contributed by atoms with Crippen LogP contribution in [0.2, 0.25) is 0 Å². The van der Waals surface area contributed by atoms with Crippen molar-refractivity contribution in [3.05, 3.63) is 41.3 Å². The minimum Gasteiger partial charge on any atom is -0.474 e. The van der Waals surface area contributed by atoms with Crippen molar-refractivity contribution in [3.63, 3.8) is 0 Å². The molecule has 2 unspecified atom stereocenters. The standard InChI is InChI=1S/C23H26F3N7O3/c24-23(25,26)13-1-4-20(29-10-13)36-17-8-15-2-3-16(9-17)33(15)22-30-14(7-18(31-22)21(27)35)11-32-6-5-28-19(34)12-32/h1,4,7,10,15-17H,2-3,5-6,8-9,11-12H2,(H2,27,35)(H,28,34). The van der Waals surface area contributed by atoms with E-state index in [9.17, 15) is 22.8 Å². The monoisotopic (exact) mass is 505 g/mol. The summed E-state index contributed by atoms with van der Waals surface area (Å²) in [6.45, 7) is 1.85. The number of amides is 2. The van der Waals surface area contributed by atoms with Gasteiger partial charge in [0.25, 0.3) is 5.91 Å². The van der Waals surface area contributed by atoms with E-state index >= 15 is 0 Å². The SMILES string of the molecule is NC(=O)c1cc(CN2CCNC(=O)C2)nc(N2C3CCC2CC(Oc2ccc(C(F)(F)F)cn2)C3)n1. The Kier molecular flexibility index (Phi) is 6.41. The molecule has 0 spiro atoms. The van der Waals surface area contributed by atoms with Crippen molar-refractivity contribution >= 4 is 17.8 Å². The number of anilines is 1. The molecule has 2 bridgehead atoms. The number of carbonyl (C=O) groups excluding carboxylic acids is 2. The number of pyridine rings is 1. The molecule has 2 aromatic heterocycles. The predicted octanol–water partition coefficient (Wildman–Crippen LogP) is 1.50. The number of aromatic nitrogens is 3. The highest BCUT2D eigenvalue weighted by Gasteiger charge is 2.43. The van der Waals surface area contributed by atoms with E-state index in [-0.39, 0.29) is 42.2 Å². The van der Waals surface area contributed by atoms with E-state index in [0.717, 1.165) is 25.1 Å². The molecule has 0 aliphatic carbocycles. The second-order valence-corrected chi connectivity index (χ2v) is 9.36. The molecular weight excluding hydrogens is 479 g/mol. The number of hydrogen-bond acceptors (Lipinski definition) is 8. The Morgan fingerprint density at radius 3 is 2.56 bits per heavy atom. The van der Waals surface area contributed by atoms with Crippen LogP contribution in [-0.2, 0) is 17.5 Å². The van der Waals surface area contributed by atoms with Crippen LogP contribution in [0.15, 0.2) is 24.4 Å². The summed E-state index contributed by atoms with van der Waals surface area (Å²) in [6.07, 6.45) is -0.915. The molecule has 0 aromatic carbocycles. The molecule has 10 nitrogen and oxygen atoms in total. The number of nitrogens with zero attached hydrogens (tertiary/aromatic N) is 5. The molecular formula is C23H26F3N7O3. The van der Waals surface area contributed by atoms with Gasteiger partial charge in [0, 0.05) is 56.8 Å². The van der Waals surface area contributed by atoms with E-state index < -0.39 is 17.6 Å². The number of alkyl halides is 3. The molecule has 2 atom stereocenters. The van der Waals surface area contributed by atoms with Crippen molar-refractivity contribution < 1.29 is 27.5 Å². The number of piperidine rings is 1. The van der Waals surface area contributed by atoms with Crippen LogP contribution < -0.4 is 20.7 Å². The van der Waals surface area contributed by atoms with Crippen LogP contribution in [0, 0.1) is 0 Å². The van der Waals surface area contributed by atoms with Gasteiger partial charge in [0.05, 0.1) is 17.8 Å². The first kappa shape index (κ1) is 24.2. The lowest BCUT2D eigenvalue weighted by molar-refractivity contribution is -0.137. The maximum absolute atomic E-state index is 12.8. The van der Waals surface area contributed by atoms with Crippen LogP contribution in [-0.4, -0.2) is 69.5 Å². The van der Waals surface area contributed by atoms with Crippen LogP contribution in [0.3, 0.4) is 0 Å². The Morgan fingerprint density at radius 1 is 1.19 bits per heavy atom. The highest BCUT2D eigenvalue weighted by Crippen LogP contribution is 2.39. The molecule has 0 radical (unpaired) electrons. The molecule has 2 aromatic rings. The second kappa shape index (κ2) is 9.52. The molecule has 3 aliphatic heterocycles. The lowest BCUT2D eigenvalue weighted by Gasteiger charge is -2.39. The molecule has 3 aliphatic rings. The maximum Gasteiger partial charge on any atom is 0.417 e. The number of piperazine rings is 1. The molecule has 2 amide bonds. The largest absolute Gasteiger partial charge is 0.474 e. The molecule has 0 saturated carbocycles. The summed E-state index contributed by atoms with van der Waals surface area (Å²) in [4.78, 5) is 40.7. The lowest BCUT2D eigenvalue weighted by atomic mass is 10.00. The third kappa shape index (κ3) is 5.20. The van der Waals surface area contributed by atoms with Gasteiger partial charge in [-0.1, -0.05) is 0 Å². The van der Waals surface area contributed by atoms with E-state index in [1.54, 1.807) is 6.07 Å². The Hall–Kier alpha value is -3.48. The summed E-state index contributed by atoms with van der Waals surface area (Å²) in [5.41, 5.74) is 5.44. The van der Waals surface area contributed by atoms with Crippen LogP contribution in [0.1, 0.15) is 47.4 Å². The molecule has 13 heteroatoms. The molecule has 5 heterocycles. The summed E-state index contributed by atoms with van der Waals surface area (Å²) >= 11 is 0. The molecule has 3 saturated heterocycles. The second-order valence-electron chi connectivity index (χ2n) is 9.36. The average molecular weight is 506 g/mol. The van der Waals surface area contributed by atoms with E-state index in [1.165, 1.54) is 6.07 Å². The minimum atomic E-state index is -4.45. The molecule has 192 valence electrons. The average Bonchev–Trinajstić information content (AvgIpc) is 3.09. The Bertz CT molecular complexity index is 1130. The highest BCUT2D eigenvalue weighted by atomic mass is 19.4. The van der Waals surface area contributed by atoms with Gasteiger partial charge in [-0.2, -0.15) is 13.2 Å². The fourth-order valence-corrected chi connectivity index (χ4v) is 5.20. The van der Waals surface area contributed by atoms with Gasteiger partial charge in [-0.25, -0.2) is 15.0 Å². The number of ether oxygens (including phenoxy) is 1. The van der Waals surface area contributed by atoms with Crippen molar-refractivity contribution in [2.75, 3.05) is 24.5 Å². The van der Waals surface area contributed by atoms with Gasteiger partial charge in [0.2, 0.25) is 17.7 Å². The third-order valence-corrected chi connectivity index (χ3v) is 6.79. The number of halogens is 3. The van der Waals surface area contributed by atoms with Crippen molar-refractivity contribution in [2.45, 2.75) is 56.6 Å². The number of rotatable bonds is 6. The predicted molar refractivity (Wildman–Crippen MR) is 121 cm³/mol. The smallest absolute Gasteiger partial charge is 0.417 e. The summed E-state index contributed by atoms with van der Waals surface area (Å²) in [7, 11) is 0. The number of primary amides is 1. The zero-order valence-electron chi connectivity index (χ0n) is 19.4. The zero-order chi connectivity index (χ0) is 25.4. The zero-order valence-corrected chi connectivity index (χ0v) is 19.4. The van der Waals surface area contributed by atoms with Crippen LogP contribution in [0.25, 0.3) is 0 Å². The first-order valence-corrected chi connectivity index (χ1v) is 11.8. The Morgan fingerprint density at radius 2 is 1.94 bits per heavy atom. The van der Waals surface area contributed by atoms with E-state index in [1.807, 2.05) is 4.90 Å². The number of fused-ring (bicyclic) bond motifs is 2. The summed E-state index contributed by atoms with van der Waals surface area (Å²) < 4.78 is 44.3. The fourth-order valence-electron chi connectivity index (χ4n) is 5.20. The third-order valence-electron chi connectivity index (χ3n) is 6.79. The Balaban J connectivity index is 1.31. The number of nitrogens with one attached hydrogen (secondary N) is 1. The first-order valence-electron chi connectivity index (χ1n) is 11.8. The normalized spacial score (nSPS) is 24.5. The van der Waals surface area contributed by atoms with Gasteiger partial charge in [-0.3, -0.25) is 14.5 Å². The summed E-state index contributed by atoms with van der Waals surface area (Å²) in [6, 6.07) is 3.85. The van der Waals surface area contributed by atoms with Gasteiger partial charge >= 0.3 is 6.18 Å². The number of nitrogens with two attached hydrogens (primary N) is 1. The van der Waals surface area contributed by atoms with Gasteiger partial charge in [0.1, 0.15) is 11.8 Å². The van der Waals surface area contributed by atoms with Crippen LogP contribution in [0.4, 0.5) is 19.1 Å². The first-order chi connectivity index (χ1) is 17.2. The maximum atomic E-state index is 12.8. The van der Waals surface area contributed by atoms with E-state index in [0.29, 0.717) is 44.1 Å². The van der Waals surface area contributed by atoms with Gasteiger partial charge in [-0.15, -0.1) is 0 Å². The van der Waals surface area contributed by atoms with Crippen molar-refractivity contribution in [1.29, 1.82) is 0 Å². The van der Waals surface area contributed by atoms with E-state index in [4.69, 9.17) is 15.5 Å². The molecule has 3 N–H and O–H groups in total. The molecule has 5 rings (SSSR count). The van der Waals surface area contributed by atoms with Crippen LogP contribution >= 0.6 is 0 Å². The van der Waals surface area contributed by atoms with E-state index in [2.05, 4.69) is 20.2 Å². The highest BCUT2D eigenvalue weighted by molar-refractivity contribution is 5.91. The quantitative estimate of drug-likeness (QED) is 0.605. The van der Waals surface area contributed by atoms with Crippen molar-refractivity contribution in [1.82, 2.24) is 25.2 Å². The Labute approximate surface area is 205 Å². The minimum absolute atomic E-state index is 0.0416.